The molecular formula is C14H17N3O4. The van der Waals surface area contributed by atoms with Crippen LogP contribution in [-0.2, 0) is 9.47 Å². The van der Waals surface area contributed by atoms with Crippen molar-refractivity contribution in [1.82, 2.24) is 14.6 Å². The van der Waals surface area contributed by atoms with Gasteiger partial charge in [-0.05, 0) is 27.7 Å². The Labute approximate surface area is 121 Å². The number of hydrogen-bond acceptors (Lipinski definition) is 6. The van der Waals surface area contributed by atoms with E-state index < -0.39 is 11.9 Å². The van der Waals surface area contributed by atoms with Crippen molar-refractivity contribution < 1.29 is 19.1 Å². The predicted octanol–water partition coefficient (Wildman–Crippen LogP) is 1.70. The molecule has 2 aromatic rings. The van der Waals surface area contributed by atoms with E-state index >= 15 is 0 Å². The molecule has 0 bridgehead atoms. The first-order chi connectivity index (χ1) is 9.99. The van der Waals surface area contributed by atoms with Crippen molar-refractivity contribution in [2.45, 2.75) is 27.7 Å². The van der Waals surface area contributed by atoms with Crippen LogP contribution in [0.15, 0.2) is 6.07 Å². The van der Waals surface area contributed by atoms with Gasteiger partial charge in [0, 0.05) is 6.07 Å². The Balaban J connectivity index is 2.55. The van der Waals surface area contributed by atoms with Crippen LogP contribution < -0.4 is 0 Å². The summed E-state index contributed by atoms with van der Waals surface area (Å²) in [6, 6.07) is 1.53. The zero-order chi connectivity index (χ0) is 15.6. The first-order valence-electron chi connectivity index (χ1n) is 6.70. The summed E-state index contributed by atoms with van der Waals surface area (Å²) in [5.41, 5.74) is 2.12. The summed E-state index contributed by atoms with van der Waals surface area (Å²) >= 11 is 0. The number of ether oxygens (including phenoxy) is 2. The highest BCUT2D eigenvalue weighted by Gasteiger charge is 2.20. The Morgan fingerprint density at radius 3 is 2.38 bits per heavy atom. The van der Waals surface area contributed by atoms with Gasteiger partial charge in [0.2, 0.25) is 0 Å². The molecule has 0 radical (unpaired) electrons. The number of fused-ring (bicyclic) bond motifs is 1. The van der Waals surface area contributed by atoms with Gasteiger partial charge in [0.1, 0.15) is 5.56 Å². The van der Waals surface area contributed by atoms with Crippen LogP contribution in [0.25, 0.3) is 5.65 Å². The number of hydrogen-bond donors (Lipinski definition) is 0. The second kappa shape index (κ2) is 5.90. The summed E-state index contributed by atoms with van der Waals surface area (Å²) in [5, 5.41) is 4.15. The molecule has 7 nitrogen and oxygen atoms in total. The van der Waals surface area contributed by atoms with Gasteiger partial charge in [-0.2, -0.15) is 5.10 Å². The Morgan fingerprint density at radius 2 is 1.76 bits per heavy atom. The number of aromatic nitrogens is 3. The minimum atomic E-state index is -0.516. The lowest BCUT2D eigenvalue weighted by Gasteiger charge is -2.09. The van der Waals surface area contributed by atoms with Gasteiger partial charge in [-0.1, -0.05) is 0 Å². The van der Waals surface area contributed by atoms with Gasteiger partial charge >= 0.3 is 11.9 Å². The maximum atomic E-state index is 12.0. The molecule has 0 aliphatic rings. The van der Waals surface area contributed by atoms with Crippen molar-refractivity contribution in [1.29, 1.82) is 0 Å². The number of nitrogens with zero attached hydrogens (tertiary/aromatic N) is 3. The number of aryl methyl sites for hydroxylation is 2. The van der Waals surface area contributed by atoms with Gasteiger partial charge < -0.3 is 9.47 Å². The Bertz CT molecular complexity index is 706. The zero-order valence-corrected chi connectivity index (χ0v) is 12.5. The fourth-order valence-electron chi connectivity index (χ4n) is 2.10. The zero-order valence-electron chi connectivity index (χ0n) is 12.5. The molecule has 0 N–H and O–H groups in total. The van der Waals surface area contributed by atoms with Crippen LogP contribution in [0, 0.1) is 13.8 Å². The van der Waals surface area contributed by atoms with Gasteiger partial charge in [-0.3, -0.25) is 0 Å². The monoisotopic (exact) mass is 291 g/mol. The van der Waals surface area contributed by atoms with Crippen LogP contribution in [0.2, 0.25) is 0 Å². The van der Waals surface area contributed by atoms with E-state index in [1.165, 1.54) is 10.6 Å². The van der Waals surface area contributed by atoms with Crippen molar-refractivity contribution in [2.24, 2.45) is 0 Å². The lowest BCUT2D eigenvalue weighted by atomic mass is 10.2. The molecule has 2 aromatic heterocycles. The molecule has 0 aromatic carbocycles. The number of carbonyl (C=O) groups excluding carboxylic acids is 2. The Morgan fingerprint density at radius 1 is 1.14 bits per heavy atom. The average Bonchev–Trinajstić information content (AvgIpc) is 2.83. The number of carbonyl (C=O) groups is 2. The van der Waals surface area contributed by atoms with Gasteiger partial charge in [-0.25, -0.2) is 19.1 Å². The van der Waals surface area contributed by atoms with Crippen LogP contribution in [-0.4, -0.2) is 39.8 Å². The quantitative estimate of drug-likeness (QED) is 0.797. The van der Waals surface area contributed by atoms with E-state index in [0.29, 0.717) is 22.6 Å². The van der Waals surface area contributed by atoms with Gasteiger partial charge in [0.25, 0.3) is 0 Å². The maximum absolute atomic E-state index is 12.0. The molecule has 21 heavy (non-hydrogen) atoms. The van der Waals surface area contributed by atoms with Crippen LogP contribution in [0.1, 0.15) is 46.1 Å². The maximum Gasteiger partial charge on any atom is 0.358 e. The third kappa shape index (κ3) is 2.72. The van der Waals surface area contributed by atoms with Crippen LogP contribution in [0.3, 0.4) is 0 Å². The molecule has 2 heterocycles. The van der Waals surface area contributed by atoms with Gasteiger partial charge in [0.15, 0.2) is 11.3 Å². The SMILES string of the molecule is CCOC(=O)c1cc2nc(C)c(C(=O)OCC)c(C)n2n1. The second-order valence-corrected chi connectivity index (χ2v) is 4.40. The first kappa shape index (κ1) is 15.0. The Hall–Kier alpha value is -2.44. The van der Waals surface area contributed by atoms with E-state index in [9.17, 15) is 9.59 Å². The minimum absolute atomic E-state index is 0.160. The fourth-order valence-corrected chi connectivity index (χ4v) is 2.10. The number of esters is 2. The number of rotatable bonds is 4. The lowest BCUT2D eigenvalue weighted by molar-refractivity contribution is 0.0513. The summed E-state index contributed by atoms with van der Waals surface area (Å²) in [7, 11) is 0. The lowest BCUT2D eigenvalue weighted by Crippen LogP contribution is -2.14. The van der Waals surface area contributed by atoms with Crippen molar-refractivity contribution in [3.63, 3.8) is 0 Å². The Kier molecular flexibility index (Phi) is 4.21. The molecule has 0 unspecified atom stereocenters. The molecule has 0 aliphatic heterocycles. The molecule has 0 spiro atoms. The van der Waals surface area contributed by atoms with E-state index in [4.69, 9.17) is 9.47 Å². The normalized spacial score (nSPS) is 10.7. The predicted molar refractivity (Wildman–Crippen MR) is 74.4 cm³/mol. The standard InChI is InChI=1S/C14H17N3O4/c1-5-20-13(18)10-7-11-15-8(3)12(14(19)21-6-2)9(4)17(11)16-10/h7H,5-6H2,1-4H3. The summed E-state index contributed by atoms with van der Waals surface area (Å²) in [6.07, 6.45) is 0. The summed E-state index contributed by atoms with van der Waals surface area (Å²) < 4.78 is 11.4. The van der Waals surface area contributed by atoms with Crippen LogP contribution in [0.5, 0.6) is 0 Å². The summed E-state index contributed by atoms with van der Waals surface area (Å²) in [6.45, 7) is 7.46. The molecule has 0 fully saturated rings. The molecule has 0 aliphatic carbocycles. The topological polar surface area (TPSA) is 82.8 Å². The molecule has 2 rings (SSSR count). The molecule has 0 atom stereocenters. The molecule has 112 valence electrons. The van der Waals surface area contributed by atoms with Crippen molar-refractivity contribution in [3.8, 4) is 0 Å². The highest BCUT2D eigenvalue weighted by Crippen LogP contribution is 2.17. The fraction of sp³-hybridized carbons (Fsp3) is 0.429. The van der Waals surface area contributed by atoms with Gasteiger partial charge in [0.05, 0.1) is 24.6 Å². The molecule has 0 saturated heterocycles. The second-order valence-electron chi connectivity index (χ2n) is 4.40. The molecule has 0 amide bonds. The highest BCUT2D eigenvalue weighted by molar-refractivity contribution is 5.92. The van der Waals surface area contributed by atoms with Crippen LogP contribution in [0.4, 0.5) is 0 Å². The summed E-state index contributed by atoms with van der Waals surface area (Å²) in [5.74, 6) is -0.965. The van der Waals surface area contributed by atoms with E-state index in [1.54, 1.807) is 27.7 Å². The van der Waals surface area contributed by atoms with E-state index in [0.717, 1.165) is 0 Å². The van der Waals surface area contributed by atoms with E-state index in [2.05, 4.69) is 10.1 Å². The highest BCUT2D eigenvalue weighted by atomic mass is 16.5. The first-order valence-corrected chi connectivity index (χ1v) is 6.70. The largest absolute Gasteiger partial charge is 0.462 e. The van der Waals surface area contributed by atoms with Crippen molar-refractivity contribution in [2.75, 3.05) is 13.2 Å². The van der Waals surface area contributed by atoms with Crippen molar-refractivity contribution in [3.05, 3.63) is 28.7 Å². The van der Waals surface area contributed by atoms with Crippen molar-refractivity contribution >= 4 is 17.6 Å². The van der Waals surface area contributed by atoms with Crippen LogP contribution >= 0.6 is 0 Å². The molecule has 0 saturated carbocycles. The third-order valence-corrected chi connectivity index (χ3v) is 2.98. The molecule has 7 heteroatoms. The average molecular weight is 291 g/mol. The smallest absolute Gasteiger partial charge is 0.358 e. The summed E-state index contributed by atoms with van der Waals surface area (Å²) in [4.78, 5) is 28.0. The minimum Gasteiger partial charge on any atom is -0.462 e. The van der Waals surface area contributed by atoms with E-state index in [1.807, 2.05) is 0 Å². The van der Waals surface area contributed by atoms with Gasteiger partial charge in [-0.15, -0.1) is 0 Å². The molecular weight excluding hydrogens is 274 g/mol. The third-order valence-electron chi connectivity index (χ3n) is 2.98. The van der Waals surface area contributed by atoms with E-state index in [-0.39, 0.29) is 18.9 Å².